The molecule has 0 bridgehead atoms. The number of pyridine rings is 1. The summed E-state index contributed by atoms with van der Waals surface area (Å²) >= 11 is 0. The maximum absolute atomic E-state index is 12.9. The molecule has 1 heterocycles. The van der Waals surface area contributed by atoms with Crippen LogP contribution in [0.15, 0.2) is 90.0 Å². The number of hydrogen-bond donors (Lipinski definition) is 2. The quantitative estimate of drug-likeness (QED) is 0.395. The SMILES string of the molecule is CC(=NNC(=O)c1cc(-c2ccccc2)nc2ccccc12)c1ccc(O)cc1. The number of phenolic OH excluding ortho intramolecular Hbond substituents is 1. The van der Waals surface area contributed by atoms with Crippen LogP contribution in [0.4, 0.5) is 0 Å². The number of benzene rings is 3. The molecular formula is C24H19N3O2. The molecule has 3 aromatic carbocycles. The largest absolute Gasteiger partial charge is 0.508 e. The van der Waals surface area contributed by atoms with Crippen molar-refractivity contribution in [3.05, 3.63) is 96.1 Å². The van der Waals surface area contributed by atoms with Crippen LogP contribution in [-0.2, 0) is 0 Å². The maximum atomic E-state index is 12.9. The summed E-state index contributed by atoms with van der Waals surface area (Å²) in [5.74, 6) is -0.124. The second kappa shape index (κ2) is 7.94. The number of hydrazone groups is 1. The Hall–Kier alpha value is -3.99. The number of nitrogens with zero attached hydrogens (tertiary/aromatic N) is 2. The molecule has 4 rings (SSSR count). The van der Waals surface area contributed by atoms with Crippen molar-refractivity contribution < 1.29 is 9.90 Å². The average molecular weight is 381 g/mol. The van der Waals surface area contributed by atoms with Gasteiger partial charge in [0.05, 0.1) is 22.5 Å². The Balaban J connectivity index is 1.69. The van der Waals surface area contributed by atoms with Gasteiger partial charge in [-0.15, -0.1) is 0 Å². The number of aromatic hydroxyl groups is 1. The minimum Gasteiger partial charge on any atom is -0.508 e. The molecule has 29 heavy (non-hydrogen) atoms. The lowest BCUT2D eigenvalue weighted by molar-refractivity contribution is 0.0956. The molecule has 0 aliphatic rings. The highest BCUT2D eigenvalue weighted by Gasteiger charge is 2.13. The molecule has 1 amide bonds. The lowest BCUT2D eigenvalue weighted by Crippen LogP contribution is -2.20. The van der Waals surface area contributed by atoms with Gasteiger partial charge in [-0.3, -0.25) is 4.79 Å². The molecule has 2 N–H and O–H groups in total. The Labute approximate surface area is 168 Å². The molecule has 0 atom stereocenters. The van der Waals surface area contributed by atoms with Crippen LogP contribution in [0.5, 0.6) is 5.75 Å². The van der Waals surface area contributed by atoms with Crippen LogP contribution in [0.25, 0.3) is 22.2 Å². The van der Waals surface area contributed by atoms with Crippen LogP contribution in [0.2, 0.25) is 0 Å². The summed E-state index contributed by atoms with van der Waals surface area (Å²) in [4.78, 5) is 17.6. The third-order valence-corrected chi connectivity index (χ3v) is 4.64. The third-order valence-electron chi connectivity index (χ3n) is 4.64. The summed E-state index contributed by atoms with van der Waals surface area (Å²) in [5.41, 5.74) is 7.02. The van der Waals surface area contributed by atoms with Gasteiger partial charge in [0.1, 0.15) is 5.75 Å². The van der Waals surface area contributed by atoms with Crippen molar-refractivity contribution in [3.8, 4) is 17.0 Å². The van der Waals surface area contributed by atoms with Gasteiger partial charge in [0.2, 0.25) is 0 Å². The van der Waals surface area contributed by atoms with Gasteiger partial charge in [-0.1, -0.05) is 48.5 Å². The summed E-state index contributed by atoms with van der Waals surface area (Å²) < 4.78 is 0. The molecule has 0 saturated heterocycles. The van der Waals surface area contributed by atoms with E-state index >= 15 is 0 Å². The van der Waals surface area contributed by atoms with Gasteiger partial charge in [0, 0.05) is 10.9 Å². The van der Waals surface area contributed by atoms with Gasteiger partial charge in [-0.2, -0.15) is 5.10 Å². The van der Waals surface area contributed by atoms with Crippen molar-refractivity contribution in [2.75, 3.05) is 0 Å². The number of phenols is 1. The summed E-state index contributed by atoms with van der Waals surface area (Å²) in [6, 6.07) is 25.8. The molecule has 0 fully saturated rings. The van der Waals surface area contributed by atoms with E-state index in [-0.39, 0.29) is 11.7 Å². The normalized spacial score (nSPS) is 11.4. The second-order valence-electron chi connectivity index (χ2n) is 6.62. The molecule has 4 aromatic rings. The first-order valence-corrected chi connectivity index (χ1v) is 9.21. The zero-order valence-electron chi connectivity index (χ0n) is 15.8. The molecule has 0 aliphatic carbocycles. The van der Waals surface area contributed by atoms with E-state index in [1.807, 2.05) is 54.6 Å². The van der Waals surface area contributed by atoms with Crippen molar-refractivity contribution in [2.45, 2.75) is 6.92 Å². The number of fused-ring (bicyclic) bond motifs is 1. The van der Waals surface area contributed by atoms with E-state index in [4.69, 9.17) is 4.98 Å². The Morgan fingerprint density at radius 1 is 0.931 bits per heavy atom. The monoisotopic (exact) mass is 381 g/mol. The molecular weight excluding hydrogens is 362 g/mol. The van der Waals surface area contributed by atoms with Crippen molar-refractivity contribution in [2.24, 2.45) is 5.10 Å². The van der Waals surface area contributed by atoms with E-state index in [1.165, 1.54) is 0 Å². The van der Waals surface area contributed by atoms with E-state index in [0.29, 0.717) is 11.3 Å². The summed E-state index contributed by atoms with van der Waals surface area (Å²) in [6.45, 7) is 1.80. The third kappa shape index (κ3) is 3.99. The van der Waals surface area contributed by atoms with Crippen LogP contribution in [0.1, 0.15) is 22.8 Å². The standard InChI is InChI=1S/C24H19N3O2/c1-16(17-11-13-19(28)14-12-17)26-27-24(29)21-15-23(18-7-3-2-4-8-18)25-22-10-6-5-9-20(21)22/h2-15,28H,1H3,(H,27,29). The molecule has 0 spiro atoms. The van der Waals surface area contributed by atoms with Crippen LogP contribution in [-0.4, -0.2) is 21.7 Å². The summed E-state index contributed by atoms with van der Waals surface area (Å²) in [7, 11) is 0. The van der Waals surface area contributed by atoms with Crippen molar-refractivity contribution in [3.63, 3.8) is 0 Å². The van der Waals surface area contributed by atoms with E-state index in [1.54, 1.807) is 37.3 Å². The van der Waals surface area contributed by atoms with E-state index in [9.17, 15) is 9.90 Å². The fourth-order valence-electron chi connectivity index (χ4n) is 3.08. The summed E-state index contributed by atoms with van der Waals surface area (Å²) in [6.07, 6.45) is 0. The van der Waals surface area contributed by atoms with Gasteiger partial charge >= 0.3 is 0 Å². The maximum Gasteiger partial charge on any atom is 0.272 e. The van der Waals surface area contributed by atoms with Crippen LogP contribution in [0.3, 0.4) is 0 Å². The van der Waals surface area contributed by atoms with Gasteiger partial charge < -0.3 is 5.11 Å². The molecule has 142 valence electrons. The van der Waals surface area contributed by atoms with Crippen LogP contribution >= 0.6 is 0 Å². The fourth-order valence-corrected chi connectivity index (χ4v) is 3.08. The van der Waals surface area contributed by atoms with Gasteiger partial charge in [-0.05, 0) is 48.9 Å². The molecule has 0 saturated carbocycles. The topological polar surface area (TPSA) is 74.6 Å². The number of carbonyl (C=O) groups excluding carboxylic acids is 1. The average Bonchev–Trinajstić information content (AvgIpc) is 2.77. The first-order chi connectivity index (χ1) is 14.1. The predicted molar refractivity (Wildman–Crippen MR) is 115 cm³/mol. The Kier molecular flexibility index (Phi) is 5.03. The molecule has 5 heteroatoms. The molecule has 0 aliphatic heterocycles. The number of hydrogen-bond acceptors (Lipinski definition) is 4. The van der Waals surface area contributed by atoms with Crippen molar-refractivity contribution in [1.82, 2.24) is 10.4 Å². The number of rotatable bonds is 4. The number of para-hydroxylation sites is 1. The van der Waals surface area contributed by atoms with E-state index < -0.39 is 0 Å². The Morgan fingerprint density at radius 3 is 2.38 bits per heavy atom. The minimum absolute atomic E-state index is 0.183. The van der Waals surface area contributed by atoms with Gasteiger partial charge in [0.15, 0.2) is 0 Å². The fraction of sp³-hybridized carbons (Fsp3) is 0.0417. The number of aromatic nitrogens is 1. The Morgan fingerprint density at radius 2 is 1.62 bits per heavy atom. The van der Waals surface area contributed by atoms with Crippen molar-refractivity contribution >= 4 is 22.5 Å². The predicted octanol–water partition coefficient (Wildman–Crippen LogP) is 4.76. The second-order valence-corrected chi connectivity index (χ2v) is 6.62. The highest BCUT2D eigenvalue weighted by Crippen LogP contribution is 2.24. The van der Waals surface area contributed by atoms with Crippen LogP contribution < -0.4 is 5.43 Å². The lowest BCUT2D eigenvalue weighted by atomic mass is 10.0. The highest BCUT2D eigenvalue weighted by atomic mass is 16.3. The van der Waals surface area contributed by atoms with E-state index in [2.05, 4.69) is 10.5 Å². The zero-order valence-corrected chi connectivity index (χ0v) is 15.8. The lowest BCUT2D eigenvalue weighted by Gasteiger charge is -2.09. The molecule has 0 unspecified atom stereocenters. The van der Waals surface area contributed by atoms with Gasteiger partial charge in [0.25, 0.3) is 5.91 Å². The first kappa shape index (κ1) is 18.4. The first-order valence-electron chi connectivity index (χ1n) is 9.21. The smallest absolute Gasteiger partial charge is 0.272 e. The number of nitrogens with one attached hydrogen (secondary N) is 1. The number of amides is 1. The molecule has 5 nitrogen and oxygen atoms in total. The van der Waals surface area contributed by atoms with Crippen LogP contribution in [0, 0.1) is 0 Å². The minimum atomic E-state index is -0.307. The van der Waals surface area contributed by atoms with Crippen molar-refractivity contribution in [1.29, 1.82) is 0 Å². The Bertz CT molecular complexity index is 1200. The molecule has 1 aromatic heterocycles. The van der Waals surface area contributed by atoms with Gasteiger partial charge in [-0.25, -0.2) is 10.4 Å². The summed E-state index contributed by atoms with van der Waals surface area (Å²) in [5, 5.41) is 14.4. The highest BCUT2D eigenvalue weighted by molar-refractivity contribution is 6.08. The number of carbonyl (C=O) groups is 1. The van der Waals surface area contributed by atoms with E-state index in [0.717, 1.165) is 27.7 Å². The molecule has 0 radical (unpaired) electrons. The zero-order chi connectivity index (χ0) is 20.2.